The Labute approximate surface area is 218 Å². The zero-order valence-electron chi connectivity index (χ0n) is 22.2. The van der Waals surface area contributed by atoms with E-state index in [0.29, 0.717) is 31.1 Å². The second-order valence-electron chi connectivity index (χ2n) is 9.42. The molecule has 1 amide bonds. The first-order valence-corrected chi connectivity index (χ1v) is 12.5. The minimum Gasteiger partial charge on any atom is -0.492 e. The lowest BCUT2D eigenvalue weighted by Crippen LogP contribution is -2.27. The minimum absolute atomic E-state index is 0.141. The molecule has 0 aliphatic rings. The summed E-state index contributed by atoms with van der Waals surface area (Å²) in [5, 5.41) is 8.63. The molecule has 2 heterocycles. The predicted molar refractivity (Wildman–Crippen MR) is 146 cm³/mol. The fourth-order valence-corrected chi connectivity index (χ4v) is 4.15. The molecule has 0 spiro atoms. The third kappa shape index (κ3) is 6.53. The van der Waals surface area contributed by atoms with Crippen LogP contribution in [0.1, 0.15) is 34.5 Å². The molecule has 8 heteroatoms. The zero-order valence-corrected chi connectivity index (χ0v) is 22.2. The number of hydrogen-bond donors (Lipinski definition) is 1. The van der Waals surface area contributed by atoms with E-state index in [9.17, 15) is 4.79 Å². The Balaban J connectivity index is 1.59. The van der Waals surface area contributed by atoms with E-state index in [1.165, 1.54) is 0 Å². The molecule has 0 saturated carbocycles. The topological polar surface area (TPSA) is 81.5 Å². The normalized spacial score (nSPS) is 12.2. The van der Waals surface area contributed by atoms with Crippen LogP contribution in [-0.2, 0) is 11.3 Å². The molecule has 1 N–H and O–H groups in total. The zero-order chi connectivity index (χ0) is 26.4. The number of pyridine rings is 1. The van der Waals surface area contributed by atoms with Crippen LogP contribution in [0.3, 0.4) is 0 Å². The van der Waals surface area contributed by atoms with Crippen LogP contribution < -0.4 is 10.1 Å². The van der Waals surface area contributed by atoms with Gasteiger partial charge in [-0.25, -0.2) is 4.98 Å². The average Bonchev–Trinajstić information content (AvgIpc) is 3.36. The molecular weight excluding hydrogens is 466 g/mol. The van der Waals surface area contributed by atoms with E-state index in [-0.39, 0.29) is 11.9 Å². The van der Waals surface area contributed by atoms with Crippen LogP contribution in [0.5, 0.6) is 5.75 Å². The molecule has 0 aliphatic heterocycles. The van der Waals surface area contributed by atoms with Gasteiger partial charge in [-0.15, -0.1) is 0 Å². The Morgan fingerprint density at radius 3 is 2.73 bits per heavy atom. The summed E-state index contributed by atoms with van der Waals surface area (Å²) in [6.45, 7) is 6.54. The van der Waals surface area contributed by atoms with E-state index >= 15 is 0 Å². The van der Waals surface area contributed by atoms with Crippen molar-refractivity contribution in [2.24, 2.45) is 0 Å². The number of aromatic nitrogens is 3. The van der Waals surface area contributed by atoms with Gasteiger partial charge in [-0.2, -0.15) is 5.10 Å². The first-order valence-electron chi connectivity index (χ1n) is 12.5. The van der Waals surface area contributed by atoms with Crippen molar-refractivity contribution in [1.82, 2.24) is 25.0 Å². The van der Waals surface area contributed by atoms with Crippen LogP contribution in [0.15, 0.2) is 60.9 Å². The molecule has 2 aromatic carbocycles. The summed E-state index contributed by atoms with van der Waals surface area (Å²) in [5.74, 6) is 0.547. The van der Waals surface area contributed by atoms with Crippen molar-refractivity contribution in [3.63, 3.8) is 0 Å². The van der Waals surface area contributed by atoms with Gasteiger partial charge in [-0.1, -0.05) is 24.3 Å². The average molecular weight is 502 g/mol. The number of methoxy groups -OCH3 is 1. The summed E-state index contributed by atoms with van der Waals surface area (Å²) < 4.78 is 12.9. The van der Waals surface area contributed by atoms with Crippen LogP contribution >= 0.6 is 0 Å². The maximum absolute atomic E-state index is 13.4. The highest BCUT2D eigenvalue weighted by molar-refractivity contribution is 5.96. The molecule has 4 aromatic rings. The van der Waals surface area contributed by atoms with Crippen molar-refractivity contribution in [1.29, 1.82) is 0 Å². The number of nitrogens with zero attached hydrogens (tertiary/aromatic N) is 4. The molecule has 0 fully saturated rings. The molecular formula is C29H35N5O3. The Kier molecular flexibility index (Phi) is 8.53. The molecule has 0 radical (unpaired) electrons. The predicted octanol–water partition coefficient (Wildman–Crippen LogP) is 4.48. The minimum atomic E-state index is -0.250. The standard InChI is InChI=1S/C29H35N5O3/c1-20-10-11-23(37-15-12-33(3)4)16-25(20)29(35)31-21(2)26-17-28(32-27-9-7-6-8-24(26)27)22-18-30-34(19-22)13-14-36-5/h6-11,16-19,21H,12-15H2,1-5H3,(H,31,35)/t21-/m0/s1. The van der Waals surface area contributed by atoms with Crippen LogP contribution in [-0.4, -0.2) is 66.5 Å². The second-order valence-corrected chi connectivity index (χ2v) is 9.42. The number of nitrogens with one attached hydrogen (secondary N) is 1. The molecule has 194 valence electrons. The van der Waals surface area contributed by atoms with Gasteiger partial charge in [-0.3, -0.25) is 9.48 Å². The number of carbonyl (C=O) groups excluding carboxylic acids is 1. The molecule has 0 aliphatic carbocycles. The molecule has 8 nitrogen and oxygen atoms in total. The van der Waals surface area contributed by atoms with Gasteiger partial charge in [0.25, 0.3) is 5.91 Å². The first kappa shape index (κ1) is 26.3. The molecule has 0 saturated heterocycles. The fraction of sp³-hybridized carbons (Fsp3) is 0.345. The highest BCUT2D eigenvalue weighted by Crippen LogP contribution is 2.29. The van der Waals surface area contributed by atoms with E-state index in [0.717, 1.165) is 39.8 Å². The number of para-hydroxylation sites is 1. The van der Waals surface area contributed by atoms with Crippen molar-refractivity contribution < 1.29 is 14.3 Å². The number of rotatable bonds is 11. The van der Waals surface area contributed by atoms with E-state index < -0.39 is 0 Å². The SMILES string of the molecule is COCCn1cc(-c2cc([C@H](C)NC(=O)c3cc(OCCN(C)C)ccc3C)c3ccccc3n2)cn1. The van der Waals surface area contributed by atoms with E-state index in [4.69, 9.17) is 14.5 Å². The van der Waals surface area contributed by atoms with Gasteiger partial charge < -0.3 is 19.7 Å². The van der Waals surface area contributed by atoms with Crippen molar-refractivity contribution in [3.05, 3.63) is 77.6 Å². The number of fused-ring (bicyclic) bond motifs is 1. The highest BCUT2D eigenvalue weighted by atomic mass is 16.5. The summed E-state index contributed by atoms with van der Waals surface area (Å²) in [5.41, 5.74) is 5.09. The third-order valence-corrected chi connectivity index (χ3v) is 6.28. The van der Waals surface area contributed by atoms with Gasteiger partial charge >= 0.3 is 0 Å². The van der Waals surface area contributed by atoms with E-state index in [1.807, 2.05) is 93.5 Å². The molecule has 4 rings (SSSR count). The lowest BCUT2D eigenvalue weighted by atomic mass is 9.99. The smallest absolute Gasteiger partial charge is 0.252 e. The molecule has 0 bridgehead atoms. The Hall–Kier alpha value is -3.75. The fourth-order valence-electron chi connectivity index (χ4n) is 4.15. The Morgan fingerprint density at radius 1 is 1.14 bits per heavy atom. The molecule has 0 unspecified atom stereocenters. The maximum atomic E-state index is 13.4. The Morgan fingerprint density at radius 2 is 1.95 bits per heavy atom. The lowest BCUT2D eigenvalue weighted by Gasteiger charge is -2.19. The van der Waals surface area contributed by atoms with Gasteiger partial charge in [-0.05, 0) is 63.3 Å². The van der Waals surface area contributed by atoms with Gasteiger partial charge in [0.15, 0.2) is 0 Å². The van der Waals surface area contributed by atoms with Crippen molar-refractivity contribution in [2.75, 3.05) is 41.0 Å². The summed E-state index contributed by atoms with van der Waals surface area (Å²) in [6.07, 6.45) is 3.78. The van der Waals surface area contributed by atoms with Crippen LogP contribution in [0.4, 0.5) is 0 Å². The van der Waals surface area contributed by atoms with Gasteiger partial charge in [0, 0.05) is 36.4 Å². The summed E-state index contributed by atoms with van der Waals surface area (Å²) >= 11 is 0. The number of likely N-dealkylation sites (N-methyl/N-ethyl adjacent to an activating group) is 1. The van der Waals surface area contributed by atoms with Crippen LogP contribution in [0, 0.1) is 6.92 Å². The number of aryl methyl sites for hydroxylation is 1. The van der Waals surface area contributed by atoms with Gasteiger partial charge in [0.1, 0.15) is 12.4 Å². The van der Waals surface area contributed by atoms with Gasteiger partial charge in [0.05, 0.1) is 36.6 Å². The highest BCUT2D eigenvalue weighted by Gasteiger charge is 2.18. The first-order chi connectivity index (χ1) is 17.9. The number of amides is 1. The van der Waals surface area contributed by atoms with Crippen molar-refractivity contribution >= 4 is 16.8 Å². The number of carbonyl (C=O) groups is 1. The van der Waals surface area contributed by atoms with Crippen LogP contribution in [0.2, 0.25) is 0 Å². The second kappa shape index (κ2) is 12.0. The molecule has 37 heavy (non-hydrogen) atoms. The summed E-state index contributed by atoms with van der Waals surface area (Å²) in [6, 6.07) is 15.4. The molecule has 2 aromatic heterocycles. The Bertz CT molecular complexity index is 1360. The summed E-state index contributed by atoms with van der Waals surface area (Å²) in [7, 11) is 5.67. The summed E-state index contributed by atoms with van der Waals surface area (Å²) in [4.78, 5) is 20.3. The number of benzene rings is 2. The number of hydrogen-bond acceptors (Lipinski definition) is 6. The van der Waals surface area contributed by atoms with E-state index in [2.05, 4.69) is 15.3 Å². The van der Waals surface area contributed by atoms with Crippen LogP contribution in [0.25, 0.3) is 22.2 Å². The number of ether oxygens (including phenoxy) is 2. The largest absolute Gasteiger partial charge is 0.492 e. The monoisotopic (exact) mass is 501 g/mol. The maximum Gasteiger partial charge on any atom is 0.252 e. The third-order valence-electron chi connectivity index (χ3n) is 6.28. The van der Waals surface area contributed by atoms with Gasteiger partial charge in [0.2, 0.25) is 0 Å². The van der Waals surface area contributed by atoms with E-state index in [1.54, 1.807) is 7.11 Å². The van der Waals surface area contributed by atoms with Crippen molar-refractivity contribution in [3.8, 4) is 17.0 Å². The lowest BCUT2D eigenvalue weighted by molar-refractivity contribution is 0.0939. The molecule has 1 atom stereocenters. The van der Waals surface area contributed by atoms with Crippen molar-refractivity contribution in [2.45, 2.75) is 26.4 Å². The quantitative estimate of drug-likeness (QED) is 0.326.